The lowest BCUT2D eigenvalue weighted by Crippen LogP contribution is -2.28. The van der Waals surface area contributed by atoms with E-state index in [0.717, 1.165) is 25.5 Å². The van der Waals surface area contributed by atoms with Crippen molar-refractivity contribution >= 4 is 12.6 Å². The molecule has 1 aliphatic rings. The molecule has 1 heterocycles. The summed E-state index contributed by atoms with van der Waals surface area (Å²) in [5, 5.41) is 0. The van der Waals surface area contributed by atoms with Crippen molar-refractivity contribution in [2.75, 3.05) is 38.6 Å². The van der Waals surface area contributed by atoms with Gasteiger partial charge in [-0.25, -0.2) is 0 Å². The summed E-state index contributed by atoms with van der Waals surface area (Å²) in [5.74, 6) is 0.833. The molecule has 0 saturated carbocycles. The van der Waals surface area contributed by atoms with Crippen LogP contribution >= 0.6 is 12.6 Å². The van der Waals surface area contributed by atoms with Gasteiger partial charge in [0.15, 0.2) is 0 Å². The summed E-state index contributed by atoms with van der Waals surface area (Å²) >= 11 is 4.10. The van der Waals surface area contributed by atoms with Crippen molar-refractivity contribution in [3.05, 3.63) is 0 Å². The Bertz CT molecular complexity index is 113. The van der Waals surface area contributed by atoms with E-state index in [4.69, 9.17) is 4.74 Å². The molecule has 0 aromatic rings. The lowest BCUT2D eigenvalue weighted by molar-refractivity contribution is 0.116. The van der Waals surface area contributed by atoms with Gasteiger partial charge in [0.1, 0.15) is 0 Å². The Morgan fingerprint density at radius 3 is 2.31 bits per heavy atom. The standard InChI is InChI=1S/C10H21NOS/c13-10-9-12-8-7-11-5-3-1-2-4-6-11/h13H,1-10H2. The van der Waals surface area contributed by atoms with Crippen molar-refractivity contribution in [3.63, 3.8) is 0 Å². The van der Waals surface area contributed by atoms with Crippen LogP contribution in [-0.2, 0) is 4.74 Å². The highest BCUT2D eigenvalue weighted by atomic mass is 32.1. The normalized spacial score (nSPS) is 20.1. The van der Waals surface area contributed by atoms with Crippen LogP contribution in [0.3, 0.4) is 0 Å². The predicted octanol–water partition coefficient (Wildman–Crippen LogP) is 1.81. The summed E-state index contributed by atoms with van der Waals surface area (Å²) in [5.41, 5.74) is 0. The molecule has 1 aliphatic heterocycles. The number of rotatable bonds is 5. The number of ether oxygens (including phenoxy) is 1. The summed E-state index contributed by atoms with van der Waals surface area (Å²) in [6, 6.07) is 0. The van der Waals surface area contributed by atoms with Crippen LogP contribution in [0.15, 0.2) is 0 Å². The average Bonchev–Trinajstić information content (AvgIpc) is 2.41. The summed E-state index contributed by atoms with van der Waals surface area (Å²) in [7, 11) is 0. The van der Waals surface area contributed by atoms with Gasteiger partial charge < -0.3 is 9.64 Å². The van der Waals surface area contributed by atoms with Crippen LogP contribution in [0.1, 0.15) is 25.7 Å². The van der Waals surface area contributed by atoms with Gasteiger partial charge in [-0.2, -0.15) is 12.6 Å². The van der Waals surface area contributed by atoms with Crippen LogP contribution in [0.2, 0.25) is 0 Å². The highest BCUT2D eigenvalue weighted by Gasteiger charge is 2.07. The van der Waals surface area contributed by atoms with E-state index in [-0.39, 0.29) is 0 Å². The second kappa shape index (κ2) is 7.65. The number of hydrogen-bond donors (Lipinski definition) is 1. The lowest BCUT2D eigenvalue weighted by Gasteiger charge is -2.19. The van der Waals surface area contributed by atoms with Crippen LogP contribution < -0.4 is 0 Å². The Morgan fingerprint density at radius 1 is 1.00 bits per heavy atom. The van der Waals surface area contributed by atoms with Gasteiger partial charge in [-0.3, -0.25) is 0 Å². The van der Waals surface area contributed by atoms with Crippen molar-refractivity contribution in [2.45, 2.75) is 25.7 Å². The van der Waals surface area contributed by atoms with Crippen molar-refractivity contribution < 1.29 is 4.74 Å². The van der Waals surface area contributed by atoms with Gasteiger partial charge in [0.05, 0.1) is 13.2 Å². The highest BCUT2D eigenvalue weighted by molar-refractivity contribution is 7.80. The minimum Gasteiger partial charge on any atom is -0.379 e. The van der Waals surface area contributed by atoms with E-state index >= 15 is 0 Å². The predicted molar refractivity (Wildman–Crippen MR) is 59.6 cm³/mol. The zero-order valence-corrected chi connectivity index (χ0v) is 9.27. The molecule has 1 fully saturated rings. The van der Waals surface area contributed by atoms with E-state index < -0.39 is 0 Å². The molecule has 3 heteroatoms. The molecule has 1 saturated heterocycles. The quantitative estimate of drug-likeness (QED) is 0.540. The second-order valence-electron chi connectivity index (χ2n) is 3.59. The van der Waals surface area contributed by atoms with E-state index in [1.165, 1.54) is 38.8 Å². The Hall–Kier alpha value is 0.270. The number of nitrogens with zero attached hydrogens (tertiary/aromatic N) is 1. The Labute approximate surface area is 87.0 Å². The van der Waals surface area contributed by atoms with Gasteiger partial charge in [-0.15, -0.1) is 0 Å². The van der Waals surface area contributed by atoms with Crippen molar-refractivity contribution in [3.8, 4) is 0 Å². The van der Waals surface area contributed by atoms with Crippen molar-refractivity contribution in [2.24, 2.45) is 0 Å². The maximum Gasteiger partial charge on any atom is 0.0593 e. The first-order valence-electron chi connectivity index (χ1n) is 5.34. The van der Waals surface area contributed by atoms with Gasteiger partial charge in [0.25, 0.3) is 0 Å². The Kier molecular flexibility index (Phi) is 6.68. The third-order valence-corrected chi connectivity index (χ3v) is 2.67. The fraction of sp³-hybridized carbons (Fsp3) is 1.00. The first-order chi connectivity index (χ1) is 6.43. The molecule has 0 N–H and O–H groups in total. The van der Waals surface area contributed by atoms with E-state index in [9.17, 15) is 0 Å². The Morgan fingerprint density at radius 2 is 1.69 bits per heavy atom. The molecular formula is C10H21NOS. The van der Waals surface area contributed by atoms with E-state index in [1.807, 2.05) is 0 Å². The monoisotopic (exact) mass is 203 g/mol. The molecular weight excluding hydrogens is 182 g/mol. The SMILES string of the molecule is SCCOCCN1CCCCCC1. The lowest BCUT2D eigenvalue weighted by atomic mass is 10.2. The molecule has 0 atom stereocenters. The highest BCUT2D eigenvalue weighted by Crippen LogP contribution is 2.08. The van der Waals surface area contributed by atoms with Gasteiger partial charge in [0, 0.05) is 12.3 Å². The van der Waals surface area contributed by atoms with Crippen LogP contribution in [0, 0.1) is 0 Å². The van der Waals surface area contributed by atoms with Crippen molar-refractivity contribution in [1.29, 1.82) is 0 Å². The van der Waals surface area contributed by atoms with Gasteiger partial charge in [-0.05, 0) is 25.9 Å². The summed E-state index contributed by atoms with van der Waals surface area (Å²) < 4.78 is 5.41. The molecule has 0 radical (unpaired) electrons. The van der Waals surface area contributed by atoms with Gasteiger partial charge in [0.2, 0.25) is 0 Å². The smallest absolute Gasteiger partial charge is 0.0593 e. The molecule has 1 rings (SSSR count). The number of likely N-dealkylation sites (tertiary alicyclic amines) is 1. The van der Waals surface area contributed by atoms with Crippen molar-refractivity contribution in [1.82, 2.24) is 4.90 Å². The minimum absolute atomic E-state index is 0.789. The molecule has 0 unspecified atom stereocenters. The molecule has 0 aromatic heterocycles. The fourth-order valence-electron chi connectivity index (χ4n) is 1.72. The van der Waals surface area contributed by atoms with Crippen LogP contribution in [0.25, 0.3) is 0 Å². The Balaban J connectivity index is 1.98. The first kappa shape index (κ1) is 11.3. The zero-order valence-electron chi connectivity index (χ0n) is 8.37. The van der Waals surface area contributed by atoms with Gasteiger partial charge in [-0.1, -0.05) is 12.8 Å². The molecule has 0 amide bonds. The second-order valence-corrected chi connectivity index (χ2v) is 4.04. The third kappa shape index (κ3) is 5.55. The maximum atomic E-state index is 5.41. The molecule has 78 valence electrons. The first-order valence-corrected chi connectivity index (χ1v) is 5.97. The zero-order chi connectivity index (χ0) is 9.36. The number of thiol groups is 1. The van der Waals surface area contributed by atoms with E-state index in [1.54, 1.807) is 0 Å². The number of hydrogen-bond acceptors (Lipinski definition) is 3. The fourth-order valence-corrected chi connectivity index (χ4v) is 1.85. The molecule has 2 nitrogen and oxygen atoms in total. The summed E-state index contributed by atoms with van der Waals surface area (Å²) in [4.78, 5) is 2.52. The summed E-state index contributed by atoms with van der Waals surface area (Å²) in [6.45, 7) is 5.31. The minimum atomic E-state index is 0.789. The molecule has 0 bridgehead atoms. The van der Waals surface area contributed by atoms with Crippen LogP contribution in [0.5, 0.6) is 0 Å². The maximum absolute atomic E-state index is 5.41. The summed E-state index contributed by atoms with van der Waals surface area (Å²) in [6.07, 6.45) is 5.56. The van der Waals surface area contributed by atoms with E-state index in [0.29, 0.717) is 0 Å². The van der Waals surface area contributed by atoms with Gasteiger partial charge >= 0.3 is 0 Å². The topological polar surface area (TPSA) is 12.5 Å². The van der Waals surface area contributed by atoms with Crippen LogP contribution in [0.4, 0.5) is 0 Å². The van der Waals surface area contributed by atoms with Crippen LogP contribution in [-0.4, -0.2) is 43.5 Å². The molecule has 0 aromatic carbocycles. The molecule has 0 aliphatic carbocycles. The molecule has 0 spiro atoms. The average molecular weight is 203 g/mol. The largest absolute Gasteiger partial charge is 0.379 e. The third-order valence-electron chi connectivity index (χ3n) is 2.49. The molecule has 13 heavy (non-hydrogen) atoms. The van der Waals surface area contributed by atoms with E-state index in [2.05, 4.69) is 17.5 Å².